The third-order valence-corrected chi connectivity index (χ3v) is 4.82. The molecule has 25 heavy (non-hydrogen) atoms. The van der Waals surface area contributed by atoms with Gasteiger partial charge in [0.15, 0.2) is 11.5 Å². The molecule has 0 radical (unpaired) electrons. The van der Waals surface area contributed by atoms with Crippen LogP contribution in [0.1, 0.15) is 50.5 Å². The van der Waals surface area contributed by atoms with E-state index in [-0.39, 0.29) is 5.91 Å². The highest BCUT2D eigenvalue weighted by molar-refractivity contribution is 5.76. The van der Waals surface area contributed by atoms with Gasteiger partial charge in [0.2, 0.25) is 5.91 Å². The Bertz CT molecular complexity index is 526. The van der Waals surface area contributed by atoms with Crippen molar-refractivity contribution >= 4 is 5.91 Å². The zero-order chi connectivity index (χ0) is 17.9. The standard InChI is InChI=1S/C20H32N2O3/c1-24-18-10-9-16(15-19(18)25-2)11-13-22-20(23)12-14-21-17-7-5-3-4-6-8-17/h9-10,15,17,21H,3-8,11-14H2,1-2H3,(H,22,23). The van der Waals surface area contributed by atoms with Gasteiger partial charge in [-0.05, 0) is 37.0 Å². The van der Waals surface area contributed by atoms with Crippen LogP contribution in [0.15, 0.2) is 18.2 Å². The van der Waals surface area contributed by atoms with Crippen LogP contribution in [-0.2, 0) is 11.2 Å². The smallest absolute Gasteiger partial charge is 0.221 e. The molecule has 2 N–H and O–H groups in total. The zero-order valence-electron chi connectivity index (χ0n) is 15.6. The van der Waals surface area contributed by atoms with Crippen molar-refractivity contribution in [2.24, 2.45) is 0 Å². The molecule has 1 saturated carbocycles. The maximum absolute atomic E-state index is 12.0. The van der Waals surface area contributed by atoms with Crippen molar-refractivity contribution in [3.63, 3.8) is 0 Å². The predicted octanol–water partition coefficient (Wildman–Crippen LogP) is 3.07. The summed E-state index contributed by atoms with van der Waals surface area (Å²) in [6.45, 7) is 1.41. The second-order valence-electron chi connectivity index (χ2n) is 6.68. The minimum atomic E-state index is 0.113. The maximum atomic E-state index is 12.0. The first-order valence-electron chi connectivity index (χ1n) is 9.44. The summed E-state index contributed by atoms with van der Waals surface area (Å²) in [5.74, 6) is 1.56. The summed E-state index contributed by atoms with van der Waals surface area (Å²) in [6.07, 6.45) is 9.17. The number of hydrogen-bond donors (Lipinski definition) is 2. The molecule has 0 saturated heterocycles. The molecule has 0 aliphatic heterocycles. The summed E-state index contributed by atoms with van der Waals surface area (Å²) < 4.78 is 10.5. The summed E-state index contributed by atoms with van der Waals surface area (Å²) in [7, 11) is 3.26. The van der Waals surface area contributed by atoms with Crippen molar-refractivity contribution in [2.75, 3.05) is 27.3 Å². The van der Waals surface area contributed by atoms with Crippen molar-refractivity contribution in [1.29, 1.82) is 0 Å². The van der Waals surface area contributed by atoms with E-state index in [4.69, 9.17) is 9.47 Å². The van der Waals surface area contributed by atoms with Crippen molar-refractivity contribution in [3.8, 4) is 11.5 Å². The number of benzene rings is 1. The van der Waals surface area contributed by atoms with Gasteiger partial charge in [-0.25, -0.2) is 0 Å². The van der Waals surface area contributed by atoms with Gasteiger partial charge in [0.05, 0.1) is 14.2 Å². The molecule has 0 heterocycles. The predicted molar refractivity (Wildman–Crippen MR) is 100 cm³/mol. The molecule has 0 unspecified atom stereocenters. The monoisotopic (exact) mass is 348 g/mol. The average molecular weight is 348 g/mol. The van der Waals surface area contributed by atoms with E-state index in [2.05, 4.69) is 10.6 Å². The summed E-state index contributed by atoms with van der Waals surface area (Å²) >= 11 is 0. The zero-order valence-corrected chi connectivity index (χ0v) is 15.6. The van der Waals surface area contributed by atoms with Gasteiger partial charge in [0.1, 0.15) is 0 Å². The van der Waals surface area contributed by atoms with Crippen LogP contribution in [0.3, 0.4) is 0 Å². The molecule has 0 bridgehead atoms. The number of carbonyl (C=O) groups is 1. The Morgan fingerprint density at radius 1 is 1.04 bits per heavy atom. The van der Waals surface area contributed by atoms with Crippen molar-refractivity contribution in [1.82, 2.24) is 10.6 Å². The maximum Gasteiger partial charge on any atom is 0.221 e. The van der Waals surface area contributed by atoms with Crippen molar-refractivity contribution in [3.05, 3.63) is 23.8 Å². The van der Waals surface area contributed by atoms with E-state index in [0.717, 1.165) is 30.0 Å². The lowest BCUT2D eigenvalue weighted by atomic mass is 10.1. The van der Waals surface area contributed by atoms with Crippen molar-refractivity contribution < 1.29 is 14.3 Å². The van der Waals surface area contributed by atoms with E-state index < -0.39 is 0 Å². The van der Waals surface area contributed by atoms with Crippen LogP contribution in [0.5, 0.6) is 11.5 Å². The average Bonchev–Trinajstić information content (AvgIpc) is 2.90. The van der Waals surface area contributed by atoms with Crippen LogP contribution in [0.25, 0.3) is 0 Å². The van der Waals surface area contributed by atoms with Gasteiger partial charge in [-0.3, -0.25) is 4.79 Å². The fraction of sp³-hybridized carbons (Fsp3) is 0.650. The van der Waals surface area contributed by atoms with Gasteiger partial charge in [-0.15, -0.1) is 0 Å². The lowest BCUT2D eigenvalue weighted by Crippen LogP contribution is -2.33. The molecule has 1 amide bonds. The molecule has 1 fully saturated rings. The first-order valence-corrected chi connectivity index (χ1v) is 9.44. The summed E-state index contributed by atoms with van der Waals surface area (Å²) in [4.78, 5) is 12.0. The van der Waals surface area contributed by atoms with E-state index in [9.17, 15) is 4.79 Å². The summed E-state index contributed by atoms with van der Waals surface area (Å²) in [5.41, 5.74) is 1.12. The second-order valence-corrected chi connectivity index (χ2v) is 6.68. The van der Waals surface area contributed by atoms with Crippen LogP contribution in [0, 0.1) is 0 Å². The fourth-order valence-corrected chi connectivity index (χ4v) is 3.34. The first-order chi connectivity index (χ1) is 12.2. The van der Waals surface area contributed by atoms with Gasteiger partial charge in [0.25, 0.3) is 0 Å². The number of rotatable bonds is 9. The summed E-state index contributed by atoms with van der Waals surface area (Å²) in [6, 6.07) is 6.45. The molecule has 5 heteroatoms. The van der Waals surface area contributed by atoms with Gasteiger partial charge in [-0.2, -0.15) is 0 Å². The Morgan fingerprint density at radius 3 is 2.44 bits per heavy atom. The molecule has 2 rings (SSSR count). The Kier molecular flexibility index (Phi) is 8.60. The lowest BCUT2D eigenvalue weighted by Gasteiger charge is -2.16. The Morgan fingerprint density at radius 2 is 1.76 bits per heavy atom. The normalized spacial score (nSPS) is 15.4. The van der Waals surface area contributed by atoms with E-state index in [1.165, 1.54) is 38.5 Å². The van der Waals surface area contributed by atoms with E-state index >= 15 is 0 Å². The highest BCUT2D eigenvalue weighted by Gasteiger charge is 2.12. The Hall–Kier alpha value is -1.75. The lowest BCUT2D eigenvalue weighted by molar-refractivity contribution is -0.120. The van der Waals surface area contributed by atoms with Crippen LogP contribution in [0.4, 0.5) is 0 Å². The second kappa shape index (κ2) is 11.0. The summed E-state index contributed by atoms with van der Waals surface area (Å²) in [5, 5.41) is 6.53. The molecule has 1 aromatic carbocycles. The molecule has 1 aliphatic rings. The number of methoxy groups -OCH3 is 2. The fourth-order valence-electron chi connectivity index (χ4n) is 3.34. The molecule has 140 valence electrons. The minimum Gasteiger partial charge on any atom is -0.493 e. The van der Waals surface area contributed by atoms with Crippen LogP contribution < -0.4 is 20.1 Å². The number of carbonyl (C=O) groups excluding carboxylic acids is 1. The molecule has 1 aromatic rings. The van der Waals surface area contributed by atoms with E-state index in [1.807, 2.05) is 18.2 Å². The van der Waals surface area contributed by atoms with Gasteiger partial charge < -0.3 is 20.1 Å². The van der Waals surface area contributed by atoms with Crippen molar-refractivity contribution in [2.45, 2.75) is 57.4 Å². The van der Waals surface area contributed by atoms with Gasteiger partial charge in [-0.1, -0.05) is 31.7 Å². The topological polar surface area (TPSA) is 59.6 Å². The third kappa shape index (κ3) is 6.94. The van der Waals surface area contributed by atoms with Crippen LogP contribution >= 0.6 is 0 Å². The Labute approximate surface area is 151 Å². The molecule has 0 spiro atoms. The molecule has 1 aliphatic carbocycles. The first kappa shape index (κ1) is 19.6. The minimum absolute atomic E-state index is 0.113. The largest absolute Gasteiger partial charge is 0.493 e. The third-order valence-electron chi connectivity index (χ3n) is 4.82. The number of nitrogens with one attached hydrogen (secondary N) is 2. The Balaban J connectivity index is 1.63. The quantitative estimate of drug-likeness (QED) is 0.674. The molecule has 0 aromatic heterocycles. The van der Waals surface area contributed by atoms with Crippen LogP contribution in [0.2, 0.25) is 0 Å². The van der Waals surface area contributed by atoms with Gasteiger partial charge >= 0.3 is 0 Å². The molecular weight excluding hydrogens is 316 g/mol. The number of amides is 1. The number of hydrogen-bond acceptors (Lipinski definition) is 4. The highest BCUT2D eigenvalue weighted by Crippen LogP contribution is 2.27. The highest BCUT2D eigenvalue weighted by atomic mass is 16.5. The molecule has 5 nitrogen and oxygen atoms in total. The molecule has 0 atom stereocenters. The van der Waals surface area contributed by atoms with E-state index in [0.29, 0.717) is 19.0 Å². The van der Waals surface area contributed by atoms with Gasteiger partial charge in [0, 0.05) is 25.6 Å². The van der Waals surface area contributed by atoms with E-state index in [1.54, 1.807) is 14.2 Å². The molecular formula is C20H32N2O3. The van der Waals surface area contributed by atoms with Crippen LogP contribution in [-0.4, -0.2) is 39.3 Å². The number of ether oxygens (including phenoxy) is 2. The SMILES string of the molecule is COc1ccc(CCNC(=O)CCNC2CCCCCC2)cc1OC.